The number of hydrogen-bond acceptors (Lipinski definition) is 2. The molecule has 0 radical (unpaired) electrons. The van der Waals surface area contributed by atoms with Gasteiger partial charge in [-0.15, -0.1) is 0 Å². The second kappa shape index (κ2) is 7.68. The van der Waals surface area contributed by atoms with E-state index in [9.17, 15) is 4.79 Å². The molecule has 2 unspecified atom stereocenters. The Morgan fingerprint density at radius 2 is 1.67 bits per heavy atom. The fourth-order valence-electron chi connectivity index (χ4n) is 8.06. The molecule has 4 atom stereocenters. The smallest absolute Gasteiger partial charge is 0.162 e. The van der Waals surface area contributed by atoms with E-state index in [1.807, 2.05) is 0 Å². The third-order valence-electron chi connectivity index (χ3n) is 10.6. The maximum absolute atomic E-state index is 14.0. The van der Waals surface area contributed by atoms with Crippen molar-refractivity contribution in [2.75, 3.05) is 5.32 Å². The van der Waals surface area contributed by atoms with E-state index in [1.54, 1.807) is 5.57 Å². The third-order valence-corrected chi connectivity index (χ3v) is 10.6. The second-order valence-corrected chi connectivity index (χ2v) is 12.4. The third kappa shape index (κ3) is 3.00. The fraction of sp³-hybridized carbons (Fsp3) is 0.382. The molecule has 0 amide bonds. The standard InChI is InChI=1S/C34H35NO/c1-33(2)24-15-16-34(33,3)25(19-24)20-27-31-26-12-8-7-11-22(26)13-14-28(31)35-29-17-23(18-30(36)32(27)29)21-9-5-4-6-10-21/h4-14,20,23-24,27,35H,15-19H2,1-3H3/t23-,24?,27-,34?/m1/s1. The molecule has 3 aliphatic carbocycles. The fourth-order valence-corrected chi connectivity index (χ4v) is 8.06. The van der Waals surface area contributed by atoms with Gasteiger partial charge in [0.15, 0.2) is 5.78 Å². The summed E-state index contributed by atoms with van der Waals surface area (Å²) in [6.07, 6.45) is 7.80. The molecule has 1 aliphatic heterocycles. The lowest BCUT2D eigenvalue weighted by molar-refractivity contribution is -0.116. The van der Waals surface area contributed by atoms with E-state index in [2.05, 4.69) is 98.9 Å². The van der Waals surface area contributed by atoms with Crippen LogP contribution < -0.4 is 5.32 Å². The van der Waals surface area contributed by atoms with Gasteiger partial charge in [0.25, 0.3) is 0 Å². The zero-order chi connectivity index (χ0) is 24.7. The molecule has 2 saturated carbocycles. The Labute approximate surface area is 214 Å². The van der Waals surface area contributed by atoms with Crippen molar-refractivity contribution in [2.24, 2.45) is 16.7 Å². The number of carbonyl (C=O) groups excluding carboxylic acids is 1. The molecule has 182 valence electrons. The molecular weight excluding hydrogens is 438 g/mol. The van der Waals surface area contributed by atoms with Crippen LogP contribution in [0.25, 0.3) is 10.8 Å². The Kier molecular flexibility index (Phi) is 4.72. The zero-order valence-corrected chi connectivity index (χ0v) is 21.6. The number of allylic oxidation sites excluding steroid dienone is 4. The van der Waals surface area contributed by atoms with Crippen molar-refractivity contribution in [3.8, 4) is 0 Å². The van der Waals surface area contributed by atoms with Crippen molar-refractivity contribution in [3.63, 3.8) is 0 Å². The lowest BCUT2D eigenvalue weighted by Crippen LogP contribution is -2.30. The summed E-state index contributed by atoms with van der Waals surface area (Å²) in [5, 5.41) is 6.28. The van der Waals surface area contributed by atoms with Crippen molar-refractivity contribution in [1.82, 2.24) is 0 Å². The summed E-state index contributed by atoms with van der Waals surface area (Å²) in [5.74, 6) is 1.32. The number of rotatable bonds is 2. The number of fused-ring (bicyclic) bond motifs is 5. The van der Waals surface area contributed by atoms with Gasteiger partial charge >= 0.3 is 0 Å². The highest BCUT2D eigenvalue weighted by molar-refractivity contribution is 6.04. The van der Waals surface area contributed by atoms with Crippen molar-refractivity contribution in [2.45, 2.75) is 64.7 Å². The molecule has 3 aromatic rings. The van der Waals surface area contributed by atoms with Gasteiger partial charge in [0.05, 0.1) is 0 Å². The van der Waals surface area contributed by atoms with Crippen molar-refractivity contribution in [3.05, 3.63) is 101 Å². The summed E-state index contributed by atoms with van der Waals surface area (Å²) in [5.41, 5.74) is 8.00. The van der Waals surface area contributed by atoms with Crippen molar-refractivity contribution >= 4 is 22.2 Å². The lowest BCUT2D eigenvalue weighted by Gasteiger charge is -2.39. The Morgan fingerprint density at radius 1 is 0.889 bits per heavy atom. The molecule has 2 heteroatoms. The van der Waals surface area contributed by atoms with E-state index in [0.29, 0.717) is 17.6 Å². The lowest BCUT2D eigenvalue weighted by atomic mass is 9.67. The van der Waals surface area contributed by atoms with Crippen LogP contribution in [-0.2, 0) is 4.79 Å². The van der Waals surface area contributed by atoms with Crippen LogP contribution in [0.1, 0.15) is 75.8 Å². The van der Waals surface area contributed by atoms with Crippen molar-refractivity contribution < 1.29 is 4.79 Å². The molecular formula is C34H35NO. The average molecular weight is 474 g/mol. The summed E-state index contributed by atoms with van der Waals surface area (Å²) in [6, 6.07) is 23.7. The first-order chi connectivity index (χ1) is 17.4. The molecule has 1 N–H and O–H groups in total. The quantitative estimate of drug-likeness (QED) is 0.378. The first-order valence-electron chi connectivity index (χ1n) is 13.7. The summed E-state index contributed by atoms with van der Waals surface area (Å²) in [4.78, 5) is 14.0. The van der Waals surface area contributed by atoms with E-state index in [-0.39, 0.29) is 17.3 Å². The first kappa shape index (κ1) is 22.1. The number of nitrogens with one attached hydrogen (secondary N) is 1. The van der Waals surface area contributed by atoms with E-state index >= 15 is 0 Å². The van der Waals surface area contributed by atoms with E-state index < -0.39 is 0 Å². The predicted octanol–water partition coefficient (Wildman–Crippen LogP) is 8.52. The van der Waals surface area contributed by atoms with Gasteiger partial charge in [-0.25, -0.2) is 0 Å². The van der Waals surface area contributed by atoms with Crippen LogP contribution in [0.3, 0.4) is 0 Å². The van der Waals surface area contributed by atoms with Crippen molar-refractivity contribution in [1.29, 1.82) is 0 Å². The summed E-state index contributed by atoms with van der Waals surface area (Å²) in [6.45, 7) is 7.43. The van der Waals surface area contributed by atoms with Gasteiger partial charge in [0.2, 0.25) is 0 Å². The highest BCUT2D eigenvalue weighted by Crippen LogP contribution is 2.68. The zero-order valence-electron chi connectivity index (χ0n) is 21.6. The van der Waals surface area contributed by atoms with Crippen LogP contribution in [0, 0.1) is 16.7 Å². The van der Waals surface area contributed by atoms with Crippen LogP contribution in [0.4, 0.5) is 5.69 Å². The Bertz CT molecular complexity index is 1460. The molecule has 2 nitrogen and oxygen atoms in total. The number of benzene rings is 3. The Balaban J connectivity index is 1.41. The topological polar surface area (TPSA) is 29.1 Å². The molecule has 0 saturated heterocycles. The minimum atomic E-state index is 0.0218. The summed E-state index contributed by atoms with van der Waals surface area (Å²) >= 11 is 0. The number of carbonyl (C=O) groups is 1. The normalized spacial score (nSPS) is 31.5. The number of Topliss-reactive ketones (excluding diaryl/α,β-unsaturated/α-hetero) is 1. The Morgan fingerprint density at radius 3 is 2.42 bits per heavy atom. The Hall–Kier alpha value is -3.13. The minimum Gasteiger partial charge on any atom is -0.358 e. The van der Waals surface area contributed by atoms with Gasteiger partial charge in [0, 0.05) is 29.3 Å². The SMILES string of the molecule is CC12CCC(CC1=C[C@H]1C3=C(C[C@@H](c4ccccc4)CC3=O)Nc3ccc4ccccc4c31)C2(C)C. The van der Waals surface area contributed by atoms with Crippen LogP contribution in [0.5, 0.6) is 0 Å². The maximum atomic E-state index is 14.0. The van der Waals surface area contributed by atoms with Gasteiger partial charge in [-0.2, -0.15) is 0 Å². The molecule has 0 aromatic heterocycles. The highest BCUT2D eigenvalue weighted by Gasteiger charge is 2.58. The van der Waals surface area contributed by atoms with Crippen LogP contribution in [-0.4, -0.2) is 5.78 Å². The average Bonchev–Trinajstić information content (AvgIpc) is 3.22. The van der Waals surface area contributed by atoms with Gasteiger partial charge in [-0.3, -0.25) is 4.79 Å². The summed E-state index contributed by atoms with van der Waals surface area (Å²) < 4.78 is 0. The number of ketones is 1. The predicted molar refractivity (Wildman–Crippen MR) is 148 cm³/mol. The van der Waals surface area contributed by atoms with E-state index in [0.717, 1.165) is 23.6 Å². The summed E-state index contributed by atoms with van der Waals surface area (Å²) in [7, 11) is 0. The number of hydrogen-bond donors (Lipinski definition) is 1. The molecule has 2 bridgehead atoms. The van der Waals surface area contributed by atoms with E-state index in [4.69, 9.17) is 0 Å². The monoisotopic (exact) mass is 473 g/mol. The number of anilines is 1. The van der Waals surface area contributed by atoms with E-state index in [1.165, 1.54) is 46.8 Å². The van der Waals surface area contributed by atoms with Gasteiger partial charge < -0.3 is 5.32 Å². The largest absolute Gasteiger partial charge is 0.358 e. The second-order valence-electron chi connectivity index (χ2n) is 12.4. The van der Waals surface area contributed by atoms with Gasteiger partial charge in [0.1, 0.15) is 0 Å². The van der Waals surface area contributed by atoms with Gasteiger partial charge in [-0.05, 0) is 76.3 Å². The molecule has 1 heterocycles. The van der Waals surface area contributed by atoms with Crippen LogP contribution in [0.15, 0.2) is 89.6 Å². The maximum Gasteiger partial charge on any atom is 0.162 e. The molecule has 3 aromatic carbocycles. The first-order valence-corrected chi connectivity index (χ1v) is 13.7. The molecule has 2 fully saturated rings. The van der Waals surface area contributed by atoms with Crippen LogP contribution in [0.2, 0.25) is 0 Å². The van der Waals surface area contributed by atoms with Gasteiger partial charge in [-0.1, -0.05) is 93.1 Å². The molecule has 0 spiro atoms. The minimum absolute atomic E-state index is 0.0218. The molecule has 36 heavy (non-hydrogen) atoms. The van der Waals surface area contributed by atoms with Crippen LogP contribution >= 0.6 is 0 Å². The highest BCUT2D eigenvalue weighted by atomic mass is 16.1. The molecule has 4 aliphatic rings. The molecule has 7 rings (SSSR count).